The number of aryl methyl sites for hydroxylation is 1. The fourth-order valence-corrected chi connectivity index (χ4v) is 2.46. The minimum atomic E-state index is -4.92. The Labute approximate surface area is 176 Å². The first-order valence-corrected chi connectivity index (χ1v) is 10.0. The molecule has 0 aliphatic rings. The first-order valence-electron chi connectivity index (χ1n) is 8.65. The molecule has 0 saturated heterocycles. The zero-order valence-corrected chi connectivity index (χ0v) is 18.8. The van der Waals surface area contributed by atoms with Gasteiger partial charge in [-0.25, -0.2) is 8.42 Å². The second-order valence-corrected chi connectivity index (χ2v) is 6.70. The second-order valence-electron chi connectivity index (χ2n) is 5.85. The van der Waals surface area contributed by atoms with Gasteiger partial charge in [-0.15, -0.1) is 0 Å². The van der Waals surface area contributed by atoms with Crippen LogP contribution in [-0.4, -0.2) is 17.5 Å². The summed E-state index contributed by atoms with van der Waals surface area (Å²) in [6.07, 6.45) is 15.5. The van der Waals surface area contributed by atoms with Gasteiger partial charge in [-0.05, 0) is 18.4 Å². The van der Waals surface area contributed by atoms with Gasteiger partial charge in [0.25, 0.3) is 0 Å². The first kappa shape index (κ1) is 29.8. The molecule has 0 saturated carbocycles. The molecule has 0 fully saturated rings. The Morgan fingerprint density at radius 3 is 1.60 bits per heavy atom. The monoisotopic (exact) mass is 383 g/mol. The molecular weight excluding hydrogens is 349 g/mol. The van der Waals surface area contributed by atoms with Gasteiger partial charge in [0.1, 0.15) is 0 Å². The summed E-state index contributed by atoms with van der Waals surface area (Å²) in [6.45, 7) is 2.28. The van der Waals surface area contributed by atoms with Crippen molar-refractivity contribution in [1.82, 2.24) is 6.15 Å². The third-order valence-electron chi connectivity index (χ3n) is 3.66. The molecule has 4 N–H and O–H groups in total. The summed E-state index contributed by atoms with van der Waals surface area (Å²) in [5.41, 5.74) is 1.50. The van der Waals surface area contributed by atoms with E-state index < -0.39 is 10.4 Å². The summed E-state index contributed by atoms with van der Waals surface area (Å²) in [5, 5.41) is 0. The summed E-state index contributed by atoms with van der Waals surface area (Å²) in [7, 11) is -4.92. The topological polar surface area (TPSA) is 112 Å². The van der Waals surface area contributed by atoms with E-state index in [1.54, 1.807) is 0 Å². The molecule has 0 aromatic heterocycles. The van der Waals surface area contributed by atoms with Crippen molar-refractivity contribution >= 4 is 10.4 Å². The predicted octanol–water partition coefficient (Wildman–Crippen LogP) is 2.32. The van der Waals surface area contributed by atoms with E-state index in [1.807, 2.05) is 0 Å². The Bertz CT molecular complexity index is 461. The van der Waals surface area contributed by atoms with Crippen molar-refractivity contribution < 1.29 is 47.1 Å². The molecule has 0 bridgehead atoms. The van der Waals surface area contributed by atoms with Crippen LogP contribution >= 0.6 is 0 Å². The van der Waals surface area contributed by atoms with Gasteiger partial charge in [-0.2, -0.15) is 0 Å². The minimum absolute atomic E-state index is 0. The van der Waals surface area contributed by atoms with Crippen LogP contribution in [-0.2, 0) is 16.8 Å². The molecule has 0 radical (unpaired) electrons. The van der Waals surface area contributed by atoms with Gasteiger partial charge in [0.2, 0.25) is 10.4 Å². The maximum atomic E-state index is 8.63. The van der Waals surface area contributed by atoms with Crippen molar-refractivity contribution in [1.29, 1.82) is 0 Å². The largest absolute Gasteiger partial charge is 1.00 e. The van der Waals surface area contributed by atoms with Crippen molar-refractivity contribution in [2.45, 2.75) is 77.6 Å². The maximum Gasteiger partial charge on any atom is 1.00 e. The van der Waals surface area contributed by atoms with Crippen LogP contribution in [0.5, 0.6) is 0 Å². The van der Waals surface area contributed by atoms with E-state index in [-0.39, 0.29) is 35.7 Å². The van der Waals surface area contributed by atoms with Gasteiger partial charge in [-0.3, -0.25) is 4.55 Å². The number of hydrogen-bond acceptors (Lipinski definition) is 4. The van der Waals surface area contributed by atoms with E-state index in [1.165, 1.54) is 76.2 Å². The molecule has 0 aliphatic carbocycles. The first-order chi connectivity index (χ1) is 10.9. The number of hydrogen-bond donors (Lipinski definition) is 2. The Kier molecular flexibility index (Phi) is 24.3. The zero-order valence-electron chi connectivity index (χ0n) is 16.0. The van der Waals surface area contributed by atoms with E-state index in [0.29, 0.717) is 0 Å². The van der Waals surface area contributed by atoms with Gasteiger partial charge in [0, 0.05) is 0 Å². The summed E-state index contributed by atoms with van der Waals surface area (Å²) in [6, 6.07) is 10.9. The summed E-state index contributed by atoms with van der Waals surface area (Å²) in [4.78, 5) is 0. The number of rotatable bonds is 11. The average molecular weight is 384 g/mol. The minimum Gasteiger partial charge on any atom is -0.726 e. The fourth-order valence-electron chi connectivity index (χ4n) is 2.46. The molecule has 0 heterocycles. The molecule has 0 unspecified atom stereocenters. The molecule has 1 aromatic carbocycles. The molecule has 1 rings (SSSR count). The molecule has 0 amide bonds. The van der Waals surface area contributed by atoms with Crippen molar-refractivity contribution in [3.05, 3.63) is 35.9 Å². The predicted molar refractivity (Wildman–Crippen MR) is 99.3 cm³/mol. The number of benzene rings is 1. The van der Waals surface area contributed by atoms with E-state index in [0.717, 1.165) is 0 Å². The molecule has 0 atom stereocenters. The van der Waals surface area contributed by atoms with Gasteiger partial charge < -0.3 is 10.7 Å². The Morgan fingerprint density at radius 1 is 0.840 bits per heavy atom. The van der Waals surface area contributed by atoms with Crippen molar-refractivity contribution in [2.24, 2.45) is 0 Å². The van der Waals surface area contributed by atoms with Crippen LogP contribution in [0.2, 0.25) is 0 Å². The summed E-state index contributed by atoms with van der Waals surface area (Å²) >= 11 is 0. The maximum absolute atomic E-state index is 8.63. The number of unbranched alkanes of at least 4 members (excludes halogenated alkanes) is 9. The average Bonchev–Trinajstić information content (AvgIpc) is 2.48. The van der Waals surface area contributed by atoms with Gasteiger partial charge in [0.05, 0.1) is 0 Å². The summed E-state index contributed by atoms with van der Waals surface area (Å²) < 4.78 is 32.8. The van der Waals surface area contributed by atoms with Crippen LogP contribution in [0.3, 0.4) is 0 Å². The Morgan fingerprint density at radius 2 is 1.20 bits per heavy atom. The molecule has 25 heavy (non-hydrogen) atoms. The van der Waals surface area contributed by atoms with E-state index >= 15 is 0 Å². The van der Waals surface area contributed by atoms with Crippen LogP contribution in [0.1, 0.15) is 76.7 Å². The SMILES string of the molecule is CCCCCCCCCCCCc1ccccc1.N.O=S(=O)([O-])O.[Na+]. The molecule has 5 nitrogen and oxygen atoms in total. The second kappa shape index (κ2) is 20.4. The summed E-state index contributed by atoms with van der Waals surface area (Å²) in [5.74, 6) is 0. The standard InChI is InChI=1S/C18H30.H3N.Na.H2O4S/c1-2-3-4-5-6-7-8-9-10-12-15-18-16-13-11-14-17-18;;;1-5(2,3)4/h11,13-14,16-17H,2-10,12,15H2,1H3;1H3;;(H2,1,2,3,4)/q;;+1;/p-1. The molecule has 1 aromatic rings. The van der Waals surface area contributed by atoms with Crippen LogP contribution < -0.4 is 35.7 Å². The molecular formula is C18H34NNaO4S. The third-order valence-corrected chi connectivity index (χ3v) is 3.66. The molecule has 0 spiro atoms. The van der Waals surface area contributed by atoms with Crippen LogP contribution in [0.25, 0.3) is 0 Å². The van der Waals surface area contributed by atoms with Gasteiger partial charge in [-0.1, -0.05) is 95.0 Å². The van der Waals surface area contributed by atoms with E-state index in [9.17, 15) is 0 Å². The van der Waals surface area contributed by atoms with Crippen LogP contribution in [0.4, 0.5) is 0 Å². The molecule has 142 valence electrons. The van der Waals surface area contributed by atoms with Crippen molar-refractivity contribution in [3.63, 3.8) is 0 Å². The van der Waals surface area contributed by atoms with E-state index in [2.05, 4.69) is 37.3 Å². The molecule has 7 heteroatoms. The van der Waals surface area contributed by atoms with Gasteiger partial charge in [0.15, 0.2) is 0 Å². The fraction of sp³-hybridized carbons (Fsp3) is 0.667. The Hall–Kier alpha value is 0.0500. The molecule has 0 aliphatic heterocycles. The van der Waals surface area contributed by atoms with Crippen LogP contribution in [0.15, 0.2) is 30.3 Å². The zero-order chi connectivity index (χ0) is 17.4. The van der Waals surface area contributed by atoms with Crippen molar-refractivity contribution in [3.8, 4) is 0 Å². The quantitative estimate of drug-likeness (QED) is 0.263. The third kappa shape index (κ3) is 29.1. The van der Waals surface area contributed by atoms with E-state index in [4.69, 9.17) is 17.5 Å². The van der Waals surface area contributed by atoms with Crippen LogP contribution in [0, 0.1) is 0 Å². The normalized spacial score (nSPS) is 10.0. The smallest absolute Gasteiger partial charge is 0.726 e. The Balaban J connectivity index is -0.000000610. The van der Waals surface area contributed by atoms with Crippen molar-refractivity contribution in [2.75, 3.05) is 0 Å². The van der Waals surface area contributed by atoms with Gasteiger partial charge >= 0.3 is 29.6 Å².